The number of likely N-dealkylation sites (tertiary alicyclic amines) is 1. The van der Waals surface area contributed by atoms with Crippen LogP contribution in [0.5, 0.6) is 0 Å². The number of benzene rings is 1. The van der Waals surface area contributed by atoms with Gasteiger partial charge in [-0.1, -0.05) is 32.0 Å². The number of carbonyl (C=O) groups excluding carboxylic acids is 1. The van der Waals surface area contributed by atoms with Crippen LogP contribution in [0, 0.1) is 12.8 Å². The highest BCUT2D eigenvalue weighted by atomic mass is 32.2. The normalized spacial score (nSPS) is 16.8. The molecule has 1 aromatic rings. The smallest absolute Gasteiger partial charge is 0.241 e. The Morgan fingerprint density at radius 2 is 1.87 bits per heavy atom. The highest BCUT2D eigenvalue weighted by molar-refractivity contribution is 7.89. The van der Waals surface area contributed by atoms with E-state index in [1.165, 1.54) is 0 Å². The summed E-state index contributed by atoms with van der Waals surface area (Å²) < 4.78 is 27.8. The van der Waals surface area contributed by atoms with Crippen LogP contribution >= 0.6 is 0 Å². The fourth-order valence-corrected chi connectivity index (χ4v) is 4.42. The molecule has 1 N–H and O–H groups in total. The van der Waals surface area contributed by atoms with Crippen molar-refractivity contribution in [1.82, 2.24) is 9.62 Å². The number of amides is 1. The Kier molecular flexibility index (Phi) is 5.81. The van der Waals surface area contributed by atoms with Gasteiger partial charge in [-0.3, -0.25) is 4.79 Å². The van der Waals surface area contributed by atoms with Gasteiger partial charge in [0.1, 0.15) is 0 Å². The van der Waals surface area contributed by atoms with Crippen LogP contribution in [0.15, 0.2) is 29.2 Å². The van der Waals surface area contributed by atoms with Crippen molar-refractivity contribution >= 4 is 15.9 Å². The zero-order valence-electron chi connectivity index (χ0n) is 14.1. The molecule has 2 rings (SSSR count). The van der Waals surface area contributed by atoms with Gasteiger partial charge in [-0.15, -0.1) is 0 Å². The predicted molar refractivity (Wildman–Crippen MR) is 90.6 cm³/mol. The van der Waals surface area contributed by atoms with E-state index in [2.05, 4.69) is 4.72 Å². The van der Waals surface area contributed by atoms with Crippen LogP contribution in [0.4, 0.5) is 0 Å². The van der Waals surface area contributed by atoms with E-state index >= 15 is 0 Å². The molecule has 1 aliphatic heterocycles. The standard InChI is InChI=1S/C17H26N2O3S/c1-13(2)12-17(20)19-10-8-15(9-11-19)18-23(21,22)16-7-5-4-6-14(16)3/h4-7,13,15,18H,8-12H2,1-3H3. The summed E-state index contributed by atoms with van der Waals surface area (Å²) in [6.45, 7) is 7.09. The molecule has 0 unspecified atom stereocenters. The molecule has 0 saturated carbocycles. The molecular formula is C17H26N2O3S. The summed E-state index contributed by atoms with van der Waals surface area (Å²) >= 11 is 0. The first-order valence-corrected chi connectivity index (χ1v) is 9.63. The fraction of sp³-hybridized carbons (Fsp3) is 0.588. The van der Waals surface area contributed by atoms with Gasteiger partial charge in [0.25, 0.3) is 0 Å². The van der Waals surface area contributed by atoms with Gasteiger partial charge in [-0.2, -0.15) is 0 Å². The summed E-state index contributed by atoms with van der Waals surface area (Å²) in [5.41, 5.74) is 0.740. The van der Waals surface area contributed by atoms with E-state index in [9.17, 15) is 13.2 Å². The summed E-state index contributed by atoms with van der Waals surface area (Å²) in [7, 11) is -3.50. The number of rotatable bonds is 5. The highest BCUT2D eigenvalue weighted by Crippen LogP contribution is 2.18. The maximum Gasteiger partial charge on any atom is 0.241 e. The molecule has 1 fully saturated rings. The van der Waals surface area contributed by atoms with Crippen molar-refractivity contribution in [2.24, 2.45) is 5.92 Å². The zero-order valence-corrected chi connectivity index (χ0v) is 14.9. The van der Waals surface area contributed by atoms with E-state index in [0.29, 0.717) is 43.2 Å². The van der Waals surface area contributed by atoms with Gasteiger partial charge < -0.3 is 4.90 Å². The van der Waals surface area contributed by atoms with Crippen LogP contribution in [0.3, 0.4) is 0 Å². The molecule has 5 nitrogen and oxygen atoms in total. The predicted octanol–water partition coefficient (Wildman–Crippen LogP) is 2.31. The lowest BCUT2D eigenvalue weighted by molar-refractivity contribution is -0.133. The minimum absolute atomic E-state index is 0.109. The Labute approximate surface area is 139 Å². The number of sulfonamides is 1. The zero-order chi connectivity index (χ0) is 17.0. The van der Waals surface area contributed by atoms with Gasteiger partial charge in [-0.25, -0.2) is 13.1 Å². The van der Waals surface area contributed by atoms with E-state index < -0.39 is 10.0 Å². The van der Waals surface area contributed by atoms with Crippen LogP contribution in [0.2, 0.25) is 0 Å². The molecule has 6 heteroatoms. The summed E-state index contributed by atoms with van der Waals surface area (Å²) in [5, 5.41) is 0. The number of nitrogens with one attached hydrogen (secondary N) is 1. The quantitative estimate of drug-likeness (QED) is 0.896. The third-order valence-corrected chi connectivity index (χ3v) is 5.82. The van der Waals surface area contributed by atoms with Crippen molar-refractivity contribution in [1.29, 1.82) is 0 Å². The van der Waals surface area contributed by atoms with Crippen LogP contribution in [0.25, 0.3) is 0 Å². The molecule has 0 aromatic heterocycles. The second-order valence-electron chi connectivity index (χ2n) is 6.64. The van der Waals surface area contributed by atoms with Crippen molar-refractivity contribution in [3.8, 4) is 0 Å². The molecule has 128 valence electrons. The third-order valence-electron chi connectivity index (χ3n) is 4.14. The summed E-state index contributed by atoms with van der Waals surface area (Å²) in [6.07, 6.45) is 1.88. The lowest BCUT2D eigenvalue weighted by Crippen LogP contribution is -2.46. The van der Waals surface area contributed by atoms with E-state index in [4.69, 9.17) is 0 Å². The maximum absolute atomic E-state index is 12.5. The van der Waals surface area contributed by atoms with Gasteiger partial charge in [-0.05, 0) is 37.3 Å². The monoisotopic (exact) mass is 338 g/mol. The molecule has 0 atom stereocenters. The molecule has 1 heterocycles. The van der Waals surface area contributed by atoms with Gasteiger partial charge in [0.05, 0.1) is 4.90 Å². The second-order valence-corrected chi connectivity index (χ2v) is 8.32. The Bertz CT molecular complexity index is 648. The Morgan fingerprint density at radius 3 is 2.43 bits per heavy atom. The average molecular weight is 338 g/mol. The summed E-state index contributed by atoms with van der Waals surface area (Å²) in [6, 6.07) is 6.87. The SMILES string of the molecule is Cc1ccccc1S(=O)(=O)NC1CCN(C(=O)CC(C)C)CC1. The molecule has 0 aliphatic carbocycles. The van der Waals surface area contributed by atoms with E-state index in [-0.39, 0.29) is 11.9 Å². The number of nitrogens with zero attached hydrogens (tertiary/aromatic N) is 1. The average Bonchev–Trinajstić information content (AvgIpc) is 2.47. The van der Waals surface area contributed by atoms with Crippen molar-refractivity contribution in [3.63, 3.8) is 0 Å². The number of piperidine rings is 1. The Hall–Kier alpha value is -1.40. The molecular weight excluding hydrogens is 312 g/mol. The van der Waals surface area contributed by atoms with Crippen molar-refractivity contribution in [2.45, 2.75) is 51.0 Å². The number of hydrogen-bond donors (Lipinski definition) is 1. The van der Waals surface area contributed by atoms with Crippen LogP contribution in [-0.2, 0) is 14.8 Å². The first kappa shape index (κ1) is 17.9. The molecule has 0 spiro atoms. The first-order chi connectivity index (χ1) is 10.8. The minimum atomic E-state index is -3.50. The molecule has 0 radical (unpaired) electrons. The van der Waals surface area contributed by atoms with E-state index in [1.807, 2.05) is 24.8 Å². The van der Waals surface area contributed by atoms with Crippen molar-refractivity contribution < 1.29 is 13.2 Å². The van der Waals surface area contributed by atoms with Gasteiger partial charge in [0.2, 0.25) is 15.9 Å². The summed E-state index contributed by atoms with van der Waals surface area (Å²) in [5.74, 6) is 0.514. The first-order valence-electron chi connectivity index (χ1n) is 8.15. The maximum atomic E-state index is 12.5. The van der Waals surface area contributed by atoms with Gasteiger partial charge in [0, 0.05) is 25.6 Å². The molecule has 23 heavy (non-hydrogen) atoms. The van der Waals surface area contributed by atoms with Crippen LogP contribution < -0.4 is 4.72 Å². The topological polar surface area (TPSA) is 66.5 Å². The van der Waals surface area contributed by atoms with Crippen LogP contribution in [-0.4, -0.2) is 38.4 Å². The minimum Gasteiger partial charge on any atom is -0.343 e. The largest absolute Gasteiger partial charge is 0.343 e. The second kappa shape index (κ2) is 7.45. The molecule has 1 amide bonds. The lowest BCUT2D eigenvalue weighted by Gasteiger charge is -2.32. The van der Waals surface area contributed by atoms with Gasteiger partial charge in [0.15, 0.2) is 0 Å². The highest BCUT2D eigenvalue weighted by Gasteiger charge is 2.27. The van der Waals surface area contributed by atoms with E-state index in [0.717, 1.165) is 5.56 Å². The molecule has 1 aliphatic rings. The Balaban J connectivity index is 1.94. The summed E-state index contributed by atoms with van der Waals surface area (Å²) in [4.78, 5) is 14.2. The number of hydrogen-bond acceptors (Lipinski definition) is 3. The Morgan fingerprint density at radius 1 is 1.26 bits per heavy atom. The lowest BCUT2D eigenvalue weighted by atomic mass is 10.0. The van der Waals surface area contributed by atoms with Gasteiger partial charge >= 0.3 is 0 Å². The number of aryl methyl sites for hydroxylation is 1. The fourth-order valence-electron chi connectivity index (χ4n) is 2.87. The van der Waals surface area contributed by atoms with Crippen molar-refractivity contribution in [3.05, 3.63) is 29.8 Å². The van der Waals surface area contributed by atoms with Crippen LogP contribution in [0.1, 0.15) is 38.7 Å². The third kappa shape index (κ3) is 4.78. The molecule has 1 aromatic carbocycles. The van der Waals surface area contributed by atoms with E-state index in [1.54, 1.807) is 25.1 Å². The molecule has 1 saturated heterocycles. The van der Waals surface area contributed by atoms with Crippen molar-refractivity contribution in [2.75, 3.05) is 13.1 Å². The number of carbonyl (C=O) groups is 1. The molecule has 0 bridgehead atoms.